The molecule has 0 aliphatic rings. The molecule has 3 rings (SSSR count). The average Bonchev–Trinajstić information content (AvgIpc) is 3.11. The Balaban J connectivity index is 2.02. The fourth-order valence-corrected chi connectivity index (χ4v) is 2.64. The average molecular weight is 313 g/mol. The Bertz CT molecular complexity index is 812. The lowest BCUT2D eigenvalue weighted by atomic mass is 9.85. The minimum absolute atomic E-state index is 0.0111. The van der Waals surface area contributed by atoms with Gasteiger partial charge in [-0.05, 0) is 24.5 Å². The molecule has 0 saturated carbocycles. The van der Waals surface area contributed by atoms with E-state index in [4.69, 9.17) is 4.42 Å². The number of aryl methyl sites for hydroxylation is 2. The van der Waals surface area contributed by atoms with Gasteiger partial charge in [0, 0.05) is 18.2 Å². The number of hydrogen-bond acceptors (Lipinski definition) is 5. The lowest BCUT2D eigenvalue weighted by molar-refractivity contribution is 0.298. The van der Waals surface area contributed by atoms with Crippen molar-refractivity contribution in [3.05, 3.63) is 41.7 Å². The van der Waals surface area contributed by atoms with Crippen LogP contribution in [0.2, 0.25) is 0 Å². The van der Waals surface area contributed by atoms with Gasteiger partial charge in [0.25, 0.3) is 5.78 Å². The number of nitrogens with zero attached hydrogens (tertiary/aromatic N) is 4. The number of hydrogen-bond donors (Lipinski definition) is 1. The third kappa shape index (κ3) is 3.06. The summed E-state index contributed by atoms with van der Waals surface area (Å²) in [5.41, 5.74) is 0.863. The van der Waals surface area contributed by atoms with Gasteiger partial charge in [0.15, 0.2) is 0 Å². The van der Waals surface area contributed by atoms with Crippen LogP contribution in [0, 0.1) is 12.3 Å². The lowest BCUT2D eigenvalue weighted by Gasteiger charge is -2.30. The number of anilines is 1. The molecule has 0 saturated heterocycles. The summed E-state index contributed by atoms with van der Waals surface area (Å²) in [6.45, 7) is 10.6. The standard InChI is InChI=1S/C17H23N5O/c1-6-12-7-8-13(23-12)15(17(3,4)5)21-14-9-11(2)20-16-18-10-19-22(14)16/h7-10,15,21H,6H2,1-5H3/t15-/m1/s1. The highest BCUT2D eigenvalue weighted by Gasteiger charge is 2.30. The van der Waals surface area contributed by atoms with Crippen LogP contribution in [-0.2, 0) is 6.42 Å². The Morgan fingerprint density at radius 1 is 1.30 bits per heavy atom. The van der Waals surface area contributed by atoms with E-state index in [1.165, 1.54) is 6.33 Å². The number of fused-ring (bicyclic) bond motifs is 1. The van der Waals surface area contributed by atoms with E-state index < -0.39 is 0 Å². The Morgan fingerprint density at radius 3 is 2.74 bits per heavy atom. The highest BCUT2D eigenvalue weighted by molar-refractivity contribution is 5.46. The third-order valence-corrected chi connectivity index (χ3v) is 3.85. The van der Waals surface area contributed by atoms with Crippen LogP contribution in [0.3, 0.4) is 0 Å². The Kier molecular flexibility index (Phi) is 3.83. The number of nitrogens with one attached hydrogen (secondary N) is 1. The van der Waals surface area contributed by atoms with Crippen LogP contribution in [0.25, 0.3) is 5.78 Å². The van der Waals surface area contributed by atoms with Crippen molar-refractivity contribution >= 4 is 11.6 Å². The molecule has 0 spiro atoms. The first-order valence-corrected chi connectivity index (χ1v) is 7.91. The van der Waals surface area contributed by atoms with Crippen molar-refractivity contribution < 1.29 is 4.42 Å². The molecule has 3 aromatic rings. The molecule has 0 bridgehead atoms. The van der Waals surface area contributed by atoms with Crippen molar-refractivity contribution in [3.8, 4) is 0 Å². The van der Waals surface area contributed by atoms with Crippen molar-refractivity contribution in [1.82, 2.24) is 19.6 Å². The second-order valence-corrected chi connectivity index (χ2v) is 6.86. The maximum Gasteiger partial charge on any atom is 0.254 e. The van der Waals surface area contributed by atoms with Gasteiger partial charge in [0.1, 0.15) is 23.7 Å². The van der Waals surface area contributed by atoms with E-state index in [0.717, 1.165) is 29.5 Å². The molecule has 0 fully saturated rings. The van der Waals surface area contributed by atoms with Crippen molar-refractivity contribution in [2.24, 2.45) is 5.41 Å². The van der Waals surface area contributed by atoms with Crippen molar-refractivity contribution in [2.75, 3.05) is 5.32 Å². The van der Waals surface area contributed by atoms with Gasteiger partial charge >= 0.3 is 0 Å². The molecule has 122 valence electrons. The van der Waals surface area contributed by atoms with Crippen molar-refractivity contribution in [3.63, 3.8) is 0 Å². The predicted molar refractivity (Wildman–Crippen MR) is 89.4 cm³/mol. The molecule has 6 heteroatoms. The monoisotopic (exact) mass is 313 g/mol. The summed E-state index contributed by atoms with van der Waals surface area (Å²) in [4.78, 5) is 8.56. The summed E-state index contributed by atoms with van der Waals surface area (Å²) >= 11 is 0. The summed E-state index contributed by atoms with van der Waals surface area (Å²) in [5, 5.41) is 7.83. The minimum atomic E-state index is -0.0348. The molecule has 0 unspecified atom stereocenters. The van der Waals surface area contributed by atoms with Gasteiger partial charge < -0.3 is 9.73 Å². The summed E-state index contributed by atoms with van der Waals surface area (Å²) in [7, 11) is 0. The molecule has 6 nitrogen and oxygen atoms in total. The van der Waals surface area contributed by atoms with Gasteiger partial charge in [0.2, 0.25) is 0 Å². The number of rotatable bonds is 4. The van der Waals surface area contributed by atoms with Gasteiger partial charge in [-0.25, -0.2) is 4.98 Å². The zero-order chi connectivity index (χ0) is 16.6. The molecule has 0 radical (unpaired) electrons. The first kappa shape index (κ1) is 15.5. The van der Waals surface area contributed by atoms with Crippen LogP contribution in [-0.4, -0.2) is 19.6 Å². The van der Waals surface area contributed by atoms with E-state index in [9.17, 15) is 0 Å². The lowest BCUT2D eigenvalue weighted by Crippen LogP contribution is -2.26. The van der Waals surface area contributed by atoms with Crippen molar-refractivity contribution in [2.45, 2.75) is 47.1 Å². The van der Waals surface area contributed by atoms with E-state index in [0.29, 0.717) is 5.78 Å². The van der Waals surface area contributed by atoms with E-state index in [1.54, 1.807) is 4.52 Å². The molecule has 1 atom stereocenters. The van der Waals surface area contributed by atoms with Crippen LogP contribution in [0.4, 0.5) is 5.82 Å². The van der Waals surface area contributed by atoms with Crippen LogP contribution in [0.1, 0.15) is 51.0 Å². The van der Waals surface area contributed by atoms with E-state index >= 15 is 0 Å². The normalized spacial score (nSPS) is 13.4. The van der Waals surface area contributed by atoms with Gasteiger partial charge in [-0.3, -0.25) is 0 Å². The minimum Gasteiger partial charge on any atom is -0.464 e. The summed E-state index contributed by atoms with van der Waals surface area (Å²) in [6.07, 6.45) is 2.40. The topological polar surface area (TPSA) is 68.2 Å². The van der Waals surface area contributed by atoms with E-state index in [1.807, 2.05) is 25.1 Å². The van der Waals surface area contributed by atoms with E-state index in [-0.39, 0.29) is 11.5 Å². The molecule has 0 amide bonds. The van der Waals surface area contributed by atoms with Crippen molar-refractivity contribution in [1.29, 1.82) is 0 Å². The first-order chi connectivity index (χ1) is 10.9. The molecule has 3 aromatic heterocycles. The SMILES string of the molecule is CCc1ccc([C@@H](Nc2cc(C)nc3ncnn23)C(C)(C)C)o1. The largest absolute Gasteiger partial charge is 0.464 e. The Morgan fingerprint density at radius 2 is 2.09 bits per heavy atom. The van der Waals surface area contributed by atoms with Crippen LogP contribution < -0.4 is 5.32 Å². The van der Waals surface area contributed by atoms with Crippen LogP contribution in [0.5, 0.6) is 0 Å². The fourth-order valence-electron chi connectivity index (χ4n) is 2.64. The molecule has 3 heterocycles. The molecule has 0 aromatic carbocycles. The second kappa shape index (κ2) is 5.68. The zero-order valence-corrected chi connectivity index (χ0v) is 14.3. The molecule has 0 aliphatic heterocycles. The predicted octanol–water partition coefficient (Wildman–Crippen LogP) is 3.79. The number of aromatic nitrogens is 4. The quantitative estimate of drug-likeness (QED) is 0.793. The smallest absolute Gasteiger partial charge is 0.254 e. The second-order valence-electron chi connectivity index (χ2n) is 6.86. The van der Waals surface area contributed by atoms with E-state index in [2.05, 4.69) is 48.1 Å². The maximum atomic E-state index is 5.99. The molecule has 0 aliphatic carbocycles. The van der Waals surface area contributed by atoms with Gasteiger partial charge in [-0.1, -0.05) is 27.7 Å². The first-order valence-electron chi connectivity index (χ1n) is 7.91. The van der Waals surface area contributed by atoms with Gasteiger partial charge in [-0.15, -0.1) is 0 Å². The molecule has 23 heavy (non-hydrogen) atoms. The fraction of sp³-hybridized carbons (Fsp3) is 0.471. The van der Waals surface area contributed by atoms with Gasteiger partial charge in [0.05, 0.1) is 6.04 Å². The third-order valence-electron chi connectivity index (χ3n) is 3.85. The van der Waals surface area contributed by atoms with Crippen LogP contribution in [0.15, 0.2) is 28.9 Å². The Labute approximate surface area is 135 Å². The summed E-state index contributed by atoms with van der Waals surface area (Å²) < 4.78 is 7.71. The van der Waals surface area contributed by atoms with Crippen LogP contribution >= 0.6 is 0 Å². The Hall–Kier alpha value is -2.37. The highest BCUT2D eigenvalue weighted by Crippen LogP contribution is 2.36. The van der Waals surface area contributed by atoms with Gasteiger partial charge in [-0.2, -0.15) is 14.6 Å². The molecule has 1 N–H and O–H groups in total. The zero-order valence-electron chi connectivity index (χ0n) is 14.3. The molecular formula is C17H23N5O. The maximum absolute atomic E-state index is 5.99. The number of furan rings is 1. The summed E-state index contributed by atoms with van der Waals surface area (Å²) in [6, 6.07) is 6.08. The summed E-state index contributed by atoms with van der Waals surface area (Å²) in [5.74, 6) is 3.37. The highest BCUT2D eigenvalue weighted by atomic mass is 16.3. The molecular weight excluding hydrogens is 290 g/mol.